The standard InChI is InChI=1S/C7H13FN.Re/c1-5(2)7-3-6(8)4-9-7;/h5-7H,3-4H2,1-2H3;/q-1;. The number of halogens is 1. The molecule has 0 bridgehead atoms. The first-order valence-electron chi connectivity index (χ1n) is 3.51. The van der Waals surface area contributed by atoms with E-state index in [-0.39, 0.29) is 20.4 Å². The van der Waals surface area contributed by atoms with Gasteiger partial charge in [0.2, 0.25) is 0 Å². The summed E-state index contributed by atoms with van der Waals surface area (Å²) >= 11 is 0. The maximum atomic E-state index is 12.4. The summed E-state index contributed by atoms with van der Waals surface area (Å²) in [7, 11) is 0. The quantitative estimate of drug-likeness (QED) is 0.704. The molecule has 1 fully saturated rings. The van der Waals surface area contributed by atoms with Gasteiger partial charge in [0.1, 0.15) is 0 Å². The monoisotopic (exact) mass is 317 g/mol. The molecule has 1 aliphatic heterocycles. The third-order valence-corrected chi connectivity index (χ3v) is 1.80. The van der Waals surface area contributed by atoms with Gasteiger partial charge in [-0.2, -0.15) is 0 Å². The molecule has 0 spiro atoms. The first-order valence-corrected chi connectivity index (χ1v) is 3.51. The van der Waals surface area contributed by atoms with Crippen molar-refractivity contribution in [3.63, 3.8) is 0 Å². The van der Waals surface area contributed by atoms with Crippen LogP contribution in [0.5, 0.6) is 0 Å². The summed E-state index contributed by atoms with van der Waals surface area (Å²) < 4.78 is 12.4. The van der Waals surface area contributed by atoms with Gasteiger partial charge in [0.25, 0.3) is 0 Å². The van der Waals surface area contributed by atoms with Crippen LogP contribution in [0.25, 0.3) is 5.32 Å². The average molecular weight is 316 g/mol. The predicted molar refractivity (Wildman–Crippen MR) is 36.4 cm³/mol. The normalized spacial score (nSPS) is 32.4. The van der Waals surface area contributed by atoms with Crippen molar-refractivity contribution in [2.45, 2.75) is 32.5 Å². The Bertz CT molecular complexity index is 97.6. The first kappa shape index (κ1) is 10.6. The van der Waals surface area contributed by atoms with Crippen LogP contribution in [-0.4, -0.2) is 18.8 Å². The van der Waals surface area contributed by atoms with Crippen molar-refractivity contribution < 1.29 is 24.8 Å². The fourth-order valence-corrected chi connectivity index (χ4v) is 1.14. The molecule has 2 atom stereocenters. The van der Waals surface area contributed by atoms with Gasteiger partial charge in [0.15, 0.2) is 0 Å². The van der Waals surface area contributed by atoms with E-state index in [0.29, 0.717) is 24.9 Å². The zero-order chi connectivity index (χ0) is 6.85. The Balaban J connectivity index is 0.000000810. The molecule has 1 saturated heterocycles. The minimum Gasteiger partial charge on any atom is -0.657 e. The second-order valence-electron chi connectivity index (χ2n) is 3.01. The van der Waals surface area contributed by atoms with Crippen LogP contribution in [0.15, 0.2) is 0 Å². The van der Waals surface area contributed by atoms with Crippen molar-refractivity contribution >= 4 is 0 Å². The number of hydrogen-bond donors (Lipinski definition) is 0. The summed E-state index contributed by atoms with van der Waals surface area (Å²) in [6, 6.07) is 0.292. The van der Waals surface area contributed by atoms with Gasteiger partial charge in [-0.3, -0.25) is 0 Å². The van der Waals surface area contributed by atoms with Gasteiger partial charge in [-0.25, -0.2) is 4.39 Å². The molecule has 1 radical (unpaired) electrons. The molecule has 0 amide bonds. The Morgan fingerprint density at radius 3 is 2.30 bits per heavy atom. The van der Waals surface area contributed by atoms with Gasteiger partial charge in [0.05, 0.1) is 6.17 Å². The molecule has 0 aromatic rings. The molecule has 1 heterocycles. The first-order chi connectivity index (χ1) is 4.20. The maximum absolute atomic E-state index is 12.4. The molecule has 0 aromatic carbocycles. The molecule has 1 nitrogen and oxygen atoms in total. The zero-order valence-corrected chi connectivity index (χ0v) is 9.07. The molecule has 0 aromatic heterocycles. The van der Waals surface area contributed by atoms with Gasteiger partial charge >= 0.3 is 0 Å². The Hall–Kier alpha value is 0.552. The Morgan fingerprint density at radius 1 is 1.50 bits per heavy atom. The van der Waals surface area contributed by atoms with Crippen LogP contribution in [-0.2, 0) is 20.4 Å². The van der Waals surface area contributed by atoms with E-state index in [4.69, 9.17) is 0 Å². The molecular weight excluding hydrogens is 303 g/mol. The summed E-state index contributed by atoms with van der Waals surface area (Å²) in [5.74, 6) is 0.519. The summed E-state index contributed by atoms with van der Waals surface area (Å²) in [5, 5.41) is 4.14. The number of alkyl halides is 1. The van der Waals surface area contributed by atoms with Crippen LogP contribution in [0.3, 0.4) is 0 Å². The largest absolute Gasteiger partial charge is 0.657 e. The van der Waals surface area contributed by atoms with E-state index in [2.05, 4.69) is 19.2 Å². The van der Waals surface area contributed by atoms with E-state index in [1.165, 1.54) is 0 Å². The molecule has 0 aliphatic carbocycles. The zero-order valence-electron chi connectivity index (χ0n) is 6.35. The molecule has 1 aliphatic rings. The molecule has 1 rings (SSSR count). The third-order valence-electron chi connectivity index (χ3n) is 1.80. The van der Waals surface area contributed by atoms with Gasteiger partial charge < -0.3 is 5.32 Å². The Morgan fingerprint density at radius 2 is 2.10 bits per heavy atom. The van der Waals surface area contributed by atoms with Crippen LogP contribution in [0.2, 0.25) is 0 Å². The van der Waals surface area contributed by atoms with E-state index >= 15 is 0 Å². The van der Waals surface area contributed by atoms with Crippen molar-refractivity contribution in [3.8, 4) is 0 Å². The van der Waals surface area contributed by atoms with E-state index in [1.807, 2.05) is 0 Å². The van der Waals surface area contributed by atoms with Gasteiger partial charge in [-0.1, -0.05) is 19.8 Å². The minimum atomic E-state index is -0.655. The minimum absolute atomic E-state index is 0. The van der Waals surface area contributed by atoms with Crippen molar-refractivity contribution in [1.29, 1.82) is 0 Å². The maximum Gasteiger partial charge on any atom is 0.0801 e. The van der Waals surface area contributed by atoms with Gasteiger partial charge in [-0.15, -0.1) is 12.6 Å². The van der Waals surface area contributed by atoms with Crippen LogP contribution in [0, 0.1) is 5.92 Å². The molecule has 0 saturated carbocycles. The van der Waals surface area contributed by atoms with Crippen LogP contribution in [0.4, 0.5) is 4.39 Å². The van der Waals surface area contributed by atoms with E-state index in [9.17, 15) is 4.39 Å². The molecule has 3 heteroatoms. The van der Waals surface area contributed by atoms with E-state index in [0.717, 1.165) is 0 Å². The van der Waals surface area contributed by atoms with Crippen LogP contribution >= 0.6 is 0 Å². The summed E-state index contributed by atoms with van der Waals surface area (Å²) in [6.07, 6.45) is -0.00472. The second-order valence-corrected chi connectivity index (χ2v) is 3.01. The number of rotatable bonds is 1. The van der Waals surface area contributed by atoms with Gasteiger partial charge in [-0.05, 0) is 6.42 Å². The smallest absolute Gasteiger partial charge is 0.0801 e. The fraction of sp³-hybridized carbons (Fsp3) is 1.00. The van der Waals surface area contributed by atoms with Crippen LogP contribution < -0.4 is 0 Å². The van der Waals surface area contributed by atoms with Gasteiger partial charge in [0, 0.05) is 20.4 Å². The van der Waals surface area contributed by atoms with E-state index < -0.39 is 6.17 Å². The Kier molecular flexibility index (Phi) is 4.68. The summed E-state index contributed by atoms with van der Waals surface area (Å²) in [5.41, 5.74) is 0. The molecule has 10 heavy (non-hydrogen) atoms. The fourth-order valence-electron chi connectivity index (χ4n) is 1.14. The second kappa shape index (κ2) is 4.43. The Labute approximate surface area is 75.4 Å². The summed E-state index contributed by atoms with van der Waals surface area (Å²) in [6.45, 7) is 4.61. The molecule has 2 unspecified atom stereocenters. The van der Waals surface area contributed by atoms with Crippen LogP contribution in [0.1, 0.15) is 20.3 Å². The van der Waals surface area contributed by atoms with Crippen molar-refractivity contribution in [2.24, 2.45) is 5.92 Å². The summed E-state index contributed by atoms with van der Waals surface area (Å²) in [4.78, 5) is 0. The number of nitrogens with zero attached hydrogens (tertiary/aromatic N) is 1. The van der Waals surface area contributed by atoms with Crippen molar-refractivity contribution in [1.82, 2.24) is 0 Å². The third kappa shape index (κ3) is 2.66. The average Bonchev–Trinajstić information content (AvgIpc) is 2.14. The van der Waals surface area contributed by atoms with Crippen molar-refractivity contribution in [3.05, 3.63) is 5.32 Å². The van der Waals surface area contributed by atoms with Crippen molar-refractivity contribution in [2.75, 3.05) is 6.54 Å². The molecular formula is C7H13FNRe-. The molecule has 61 valence electrons. The SMILES string of the molecule is CC(C)C1CC(F)C[N-]1.[Re]. The van der Waals surface area contributed by atoms with E-state index in [1.54, 1.807) is 0 Å². The molecule has 0 N–H and O–H groups in total. The predicted octanol–water partition coefficient (Wildman–Crippen LogP) is 2.12. The number of hydrogen-bond acceptors (Lipinski definition) is 0. The topological polar surface area (TPSA) is 14.1 Å².